The van der Waals surface area contributed by atoms with E-state index in [1.165, 1.54) is 0 Å². The van der Waals surface area contributed by atoms with E-state index in [1.807, 2.05) is 4.93 Å². The molecular weight excluding hydrogens is 276 g/mol. The van der Waals surface area contributed by atoms with Gasteiger partial charge in [0.05, 0.1) is 13.2 Å². The second kappa shape index (κ2) is 9.03. The maximum Gasteiger partial charge on any atom is 0.0594 e. The van der Waals surface area contributed by atoms with E-state index in [9.17, 15) is 0 Å². The van der Waals surface area contributed by atoms with Crippen LogP contribution in [0.4, 0.5) is 0 Å². The first-order chi connectivity index (χ1) is 5.43. The minimum Gasteiger partial charge on any atom is -0.379 e. The molecule has 0 aromatic carbocycles. The molecule has 0 aliphatic carbocycles. The standard InChI is InChI=1S/C6H12ClNO.CH3I/c7-1-2-8-3-5-9-6-4-8;1-2/h1-6H2;1H3. The van der Waals surface area contributed by atoms with E-state index in [2.05, 4.69) is 27.5 Å². The fourth-order valence-electron chi connectivity index (χ4n) is 0.944. The van der Waals surface area contributed by atoms with Crippen LogP contribution in [0, 0.1) is 0 Å². The molecule has 0 aromatic rings. The lowest BCUT2D eigenvalue weighted by Gasteiger charge is -2.25. The number of halogens is 2. The summed E-state index contributed by atoms with van der Waals surface area (Å²) in [5.41, 5.74) is 0. The van der Waals surface area contributed by atoms with Gasteiger partial charge in [0.25, 0.3) is 0 Å². The molecule has 1 saturated heterocycles. The quantitative estimate of drug-likeness (QED) is 0.566. The van der Waals surface area contributed by atoms with Crippen molar-refractivity contribution < 1.29 is 4.74 Å². The molecule has 0 aromatic heterocycles. The molecule has 1 aliphatic heterocycles. The SMILES string of the molecule is CI.ClCCN1CCOCC1. The Hall–Kier alpha value is 0.940. The van der Waals surface area contributed by atoms with Crippen LogP contribution in [0.1, 0.15) is 0 Å². The van der Waals surface area contributed by atoms with Crippen molar-refractivity contribution in [3.63, 3.8) is 0 Å². The molecule has 4 heteroatoms. The Labute approximate surface area is 87.4 Å². The molecular formula is C7H15ClINO. The number of ether oxygens (including phenoxy) is 1. The van der Waals surface area contributed by atoms with Crippen LogP contribution >= 0.6 is 34.2 Å². The third kappa shape index (κ3) is 6.13. The molecule has 1 fully saturated rings. The van der Waals surface area contributed by atoms with Crippen molar-refractivity contribution in [2.75, 3.05) is 43.7 Å². The minimum atomic E-state index is 0.736. The number of nitrogens with zero attached hydrogens (tertiary/aromatic N) is 1. The number of alkyl halides is 2. The molecule has 2 nitrogen and oxygen atoms in total. The summed E-state index contributed by atoms with van der Waals surface area (Å²) in [7, 11) is 0. The molecule has 0 atom stereocenters. The zero-order chi connectivity index (χ0) is 8.53. The largest absolute Gasteiger partial charge is 0.379 e. The first-order valence-electron chi connectivity index (χ1n) is 3.67. The van der Waals surface area contributed by atoms with E-state index in [0.29, 0.717) is 0 Å². The lowest BCUT2D eigenvalue weighted by atomic mass is 10.4. The summed E-state index contributed by atoms with van der Waals surface area (Å²) in [5, 5.41) is 0. The third-order valence-corrected chi connectivity index (χ3v) is 1.67. The van der Waals surface area contributed by atoms with Crippen molar-refractivity contribution in [3.05, 3.63) is 0 Å². The second-order valence-electron chi connectivity index (χ2n) is 2.14. The molecule has 68 valence electrons. The van der Waals surface area contributed by atoms with Gasteiger partial charge in [0.15, 0.2) is 0 Å². The summed E-state index contributed by atoms with van der Waals surface area (Å²) in [5.74, 6) is 0.736. The van der Waals surface area contributed by atoms with Crippen LogP contribution in [0.3, 0.4) is 0 Å². The molecule has 0 N–H and O–H groups in total. The topological polar surface area (TPSA) is 12.5 Å². The van der Waals surface area contributed by atoms with Crippen LogP contribution in [0.2, 0.25) is 0 Å². The van der Waals surface area contributed by atoms with Gasteiger partial charge in [-0.15, -0.1) is 11.6 Å². The number of morpholine rings is 1. The lowest BCUT2D eigenvalue weighted by molar-refractivity contribution is 0.0408. The van der Waals surface area contributed by atoms with Gasteiger partial charge in [-0.2, -0.15) is 0 Å². The van der Waals surface area contributed by atoms with Gasteiger partial charge in [-0.3, -0.25) is 4.90 Å². The van der Waals surface area contributed by atoms with Crippen LogP contribution in [-0.4, -0.2) is 48.6 Å². The summed E-state index contributed by atoms with van der Waals surface area (Å²) in [6.45, 7) is 4.85. The number of hydrogen-bond donors (Lipinski definition) is 0. The molecule has 0 spiro atoms. The van der Waals surface area contributed by atoms with Gasteiger partial charge in [0, 0.05) is 25.5 Å². The minimum absolute atomic E-state index is 0.736. The predicted octanol–water partition coefficient (Wildman–Crippen LogP) is 1.61. The van der Waals surface area contributed by atoms with E-state index in [4.69, 9.17) is 16.3 Å². The van der Waals surface area contributed by atoms with Crippen molar-refractivity contribution >= 4 is 34.2 Å². The van der Waals surface area contributed by atoms with Crippen LogP contribution in [0.5, 0.6) is 0 Å². The molecule has 0 saturated carbocycles. The normalized spacial score (nSPS) is 18.8. The van der Waals surface area contributed by atoms with Gasteiger partial charge in [0.1, 0.15) is 0 Å². The zero-order valence-corrected chi connectivity index (χ0v) is 9.77. The highest BCUT2D eigenvalue weighted by atomic mass is 127. The second-order valence-corrected chi connectivity index (χ2v) is 2.52. The van der Waals surface area contributed by atoms with Crippen LogP contribution in [-0.2, 0) is 4.74 Å². The van der Waals surface area contributed by atoms with Crippen molar-refractivity contribution in [1.29, 1.82) is 0 Å². The Balaban J connectivity index is 0.000000461. The predicted molar refractivity (Wildman–Crippen MR) is 57.9 cm³/mol. The molecule has 0 unspecified atom stereocenters. The Morgan fingerprint density at radius 3 is 2.36 bits per heavy atom. The summed E-state index contributed by atoms with van der Waals surface area (Å²) in [6, 6.07) is 0. The smallest absolute Gasteiger partial charge is 0.0594 e. The van der Waals surface area contributed by atoms with Crippen molar-refractivity contribution in [3.8, 4) is 0 Å². The van der Waals surface area contributed by atoms with Gasteiger partial charge < -0.3 is 4.74 Å². The van der Waals surface area contributed by atoms with Crippen LogP contribution in [0.25, 0.3) is 0 Å². The first kappa shape index (κ1) is 11.9. The van der Waals surface area contributed by atoms with E-state index >= 15 is 0 Å². The summed E-state index contributed by atoms with van der Waals surface area (Å²) in [4.78, 5) is 4.29. The van der Waals surface area contributed by atoms with Crippen molar-refractivity contribution in [1.82, 2.24) is 4.90 Å². The fourth-order valence-corrected chi connectivity index (χ4v) is 1.18. The molecule has 1 rings (SSSR count). The Morgan fingerprint density at radius 2 is 1.91 bits per heavy atom. The Bertz CT molecular complexity index is 76.1. The highest BCUT2D eigenvalue weighted by molar-refractivity contribution is 14.1. The van der Waals surface area contributed by atoms with Crippen molar-refractivity contribution in [2.24, 2.45) is 0 Å². The molecule has 0 bridgehead atoms. The number of hydrogen-bond acceptors (Lipinski definition) is 2. The van der Waals surface area contributed by atoms with Crippen molar-refractivity contribution in [2.45, 2.75) is 0 Å². The zero-order valence-electron chi connectivity index (χ0n) is 6.85. The van der Waals surface area contributed by atoms with E-state index < -0.39 is 0 Å². The van der Waals surface area contributed by atoms with Crippen LogP contribution < -0.4 is 0 Å². The monoisotopic (exact) mass is 291 g/mol. The Kier molecular flexibility index (Phi) is 9.80. The summed E-state index contributed by atoms with van der Waals surface area (Å²) in [6.07, 6.45) is 0. The molecule has 0 radical (unpaired) electrons. The summed E-state index contributed by atoms with van der Waals surface area (Å²) >= 11 is 7.70. The van der Waals surface area contributed by atoms with E-state index in [-0.39, 0.29) is 0 Å². The highest BCUT2D eigenvalue weighted by Gasteiger charge is 2.07. The van der Waals surface area contributed by atoms with Gasteiger partial charge in [0.2, 0.25) is 0 Å². The first-order valence-corrected chi connectivity index (χ1v) is 6.36. The highest BCUT2D eigenvalue weighted by Crippen LogP contribution is 1.95. The van der Waals surface area contributed by atoms with Crippen LogP contribution in [0.15, 0.2) is 0 Å². The molecule has 1 heterocycles. The van der Waals surface area contributed by atoms with Gasteiger partial charge in [-0.1, -0.05) is 22.6 Å². The maximum atomic E-state index is 5.55. The van der Waals surface area contributed by atoms with E-state index in [1.54, 1.807) is 0 Å². The molecule has 1 aliphatic rings. The van der Waals surface area contributed by atoms with E-state index in [0.717, 1.165) is 38.7 Å². The van der Waals surface area contributed by atoms with Gasteiger partial charge in [-0.25, -0.2) is 0 Å². The average molecular weight is 292 g/mol. The lowest BCUT2D eigenvalue weighted by Crippen LogP contribution is -2.37. The third-order valence-electron chi connectivity index (χ3n) is 1.50. The molecule has 0 amide bonds. The molecule has 11 heavy (non-hydrogen) atoms. The Morgan fingerprint density at radius 1 is 1.36 bits per heavy atom. The fraction of sp³-hybridized carbons (Fsp3) is 1.00. The number of rotatable bonds is 2. The maximum absolute atomic E-state index is 5.55. The van der Waals surface area contributed by atoms with Gasteiger partial charge >= 0.3 is 0 Å². The van der Waals surface area contributed by atoms with Gasteiger partial charge in [-0.05, 0) is 4.93 Å². The summed E-state index contributed by atoms with van der Waals surface area (Å²) < 4.78 is 5.16. The average Bonchev–Trinajstić information content (AvgIpc) is 2.11.